The number of carboxylic acid groups (broad SMARTS) is 1. The fraction of sp³-hybridized carbons (Fsp3) is 0.308. The van der Waals surface area contributed by atoms with Gasteiger partial charge in [0.05, 0.1) is 16.8 Å². The zero-order valence-corrected chi connectivity index (χ0v) is 12.4. The van der Waals surface area contributed by atoms with Crippen molar-refractivity contribution in [1.29, 1.82) is 0 Å². The Bertz CT molecular complexity index is 455. The van der Waals surface area contributed by atoms with Crippen LogP contribution < -0.4 is 9.47 Å². The highest BCUT2D eigenvalue weighted by Gasteiger charge is 2.10. The Morgan fingerprint density at radius 1 is 1.33 bits per heavy atom. The average molecular weight is 362 g/mol. The van der Waals surface area contributed by atoms with E-state index in [2.05, 4.69) is 22.6 Å². The van der Waals surface area contributed by atoms with Gasteiger partial charge in [-0.1, -0.05) is 0 Å². The van der Waals surface area contributed by atoms with Crippen LogP contribution in [0.5, 0.6) is 11.5 Å². The summed E-state index contributed by atoms with van der Waals surface area (Å²) in [5.74, 6) is 0.362. The first-order valence-electron chi connectivity index (χ1n) is 5.58. The lowest BCUT2D eigenvalue weighted by Crippen LogP contribution is -2.00. The molecule has 0 saturated carbocycles. The molecule has 1 aromatic carbocycles. The third-order valence-electron chi connectivity index (χ3n) is 2.04. The summed E-state index contributed by atoms with van der Waals surface area (Å²) in [6.07, 6.45) is 2.63. The fourth-order valence-corrected chi connectivity index (χ4v) is 2.18. The molecule has 4 nitrogen and oxygen atoms in total. The van der Waals surface area contributed by atoms with Gasteiger partial charge in [0, 0.05) is 6.08 Å². The van der Waals surface area contributed by atoms with Gasteiger partial charge in [-0.05, 0) is 60.2 Å². The number of halogens is 1. The van der Waals surface area contributed by atoms with Crippen molar-refractivity contribution in [3.05, 3.63) is 27.3 Å². The van der Waals surface area contributed by atoms with Crippen LogP contribution in [0.3, 0.4) is 0 Å². The standard InChI is InChI=1S/C13H15IO4/c1-3-17-11-8-9(5-6-12(15)16)7-10(14)13(11)18-4-2/h5-8H,3-4H2,1-2H3,(H,15,16)/b6-5+. The van der Waals surface area contributed by atoms with Gasteiger partial charge in [0.2, 0.25) is 0 Å². The van der Waals surface area contributed by atoms with Crippen LogP contribution in [0.2, 0.25) is 0 Å². The van der Waals surface area contributed by atoms with Crippen LogP contribution in [0.4, 0.5) is 0 Å². The molecule has 0 atom stereocenters. The van der Waals surface area contributed by atoms with E-state index in [1.165, 1.54) is 6.08 Å². The maximum atomic E-state index is 10.5. The van der Waals surface area contributed by atoms with Crippen molar-refractivity contribution in [2.75, 3.05) is 13.2 Å². The molecule has 0 radical (unpaired) electrons. The van der Waals surface area contributed by atoms with Gasteiger partial charge in [-0.15, -0.1) is 0 Å². The van der Waals surface area contributed by atoms with Crippen molar-refractivity contribution in [3.8, 4) is 11.5 Å². The molecule has 5 heteroatoms. The van der Waals surface area contributed by atoms with Crippen LogP contribution in [0, 0.1) is 3.57 Å². The van der Waals surface area contributed by atoms with E-state index in [0.717, 1.165) is 15.2 Å². The van der Waals surface area contributed by atoms with Gasteiger partial charge in [0.1, 0.15) is 0 Å². The minimum atomic E-state index is -0.975. The smallest absolute Gasteiger partial charge is 0.328 e. The molecule has 0 amide bonds. The van der Waals surface area contributed by atoms with Crippen molar-refractivity contribution in [2.24, 2.45) is 0 Å². The Morgan fingerprint density at radius 2 is 2.00 bits per heavy atom. The van der Waals surface area contributed by atoms with Gasteiger partial charge < -0.3 is 14.6 Å². The number of ether oxygens (including phenoxy) is 2. The van der Waals surface area contributed by atoms with E-state index in [1.54, 1.807) is 6.07 Å². The van der Waals surface area contributed by atoms with Gasteiger partial charge in [-0.2, -0.15) is 0 Å². The maximum absolute atomic E-state index is 10.5. The zero-order valence-electron chi connectivity index (χ0n) is 10.3. The quantitative estimate of drug-likeness (QED) is 0.624. The molecule has 0 aromatic heterocycles. The highest BCUT2D eigenvalue weighted by atomic mass is 127. The van der Waals surface area contributed by atoms with Gasteiger partial charge in [0.15, 0.2) is 11.5 Å². The molecular formula is C13H15IO4. The number of carbonyl (C=O) groups is 1. The summed E-state index contributed by atoms with van der Waals surface area (Å²) in [6.45, 7) is 4.88. The number of rotatable bonds is 6. The molecule has 0 aliphatic rings. The van der Waals surface area contributed by atoms with Gasteiger partial charge in [-0.3, -0.25) is 0 Å². The summed E-state index contributed by atoms with van der Waals surface area (Å²) in [5, 5.41) is 8.61. The van der Waals surface area contributed by atoms with Crippen LogP contribution in [0.1, 0.15) is 19.4 Å². The van der Waals surface area contributed by atoms with E-state index >= 15 is 0 Å². The van der Waals surface area contributed by atoms with Crippen molar-refractivity contribution in [2.45, 2.75) is 13.8 Å². The van der Waals surface area contributed by atoms with Crippen LogP contribution in [-0.4, -0.2) is 24.3 Å². The maximum Gasteiger partial charge on any atom is 0.328 e. The lowest BCUT2D eigenvalue weighted by molar-refractivity contribution is -0.131. The van der Waals surface area contributed by atoms with Gasteiger partial charge in [0.25, 0.3) is 0 Å². The molecule has 0 spiro atoms. The molecule has 0 heterocycles. The molecule has 1 aromatic rings. The molecule has 18 heavy (non-hydrogen) atoms. The first-order chi connectivity index (χ1) is 8.58. The minimum absolute atomic E-state index is 0.530. The van der Waals surface area contributed by atoms with Crippen molar-refractivity contribution < 1.29 is 19.4 Å². The molecule has 0 unspecified atom stereocenters. The van der Waals surface area contributed by atoms with Gasteiger partial charge >= 0.3 is 5.97 Å². The number of hydrogen-bond donors (Lipinski definition) is 1. The first-order valence-corrected chi connectivity index (χ1v) is 6.66. The Labute approximate surface area is 120 Å². The highest BCUT2D eigenvalue weighted by Crippen LogP contribution is 2.34. The van der Waals surface area contributed by atoms with E-state index in [1.807, 2.05) is 19.9 Å². The van der Waals surface area contributed by atoms with Crippen LogP contribution in [-0.2, 0) is 4.79 Å². The molecule has 0 bridgehead atoms. The van der Waals surface area contributed by atoms with E-state index in [0.29, 0.717) is 24.7 Å². The van der Waals surface area contributed by atoms with Crippen LogP contribution in [0.15, 0.2) is 18.2 Å². The molecule has 0 aliphatic heterocycles. The molecule has 0 fully saturated rings. The number of hydrogen-bond acceptors (Lipinski definition) is 3. The normalized spacial score (nSPS) is 10.6. The zero-order chi connectivity index (χ0) is 13.5. The Morgan fingerprint density at radius 3 is 2.56 bits per heavy atom. The monoisotopic (exact) mass is 362 g/mol. The second-order valence-corrected chi connectivity index (χ2v) is 4.53. The summed E-state index contributed by atoms with van der Waals surface area (Å²) in [6, 6.07) is 3.63. The summed E-state index contributed by atoms with van der Waals surface area (Å²) in [4.78, 5) is 10.5. The Kier molecular flexibility index (Phi) is 5.97. The van der Waals surface area contributed by atoms with Crippen LogP contribution >= 0.6 is 22.6 Å². The second kappa shape index (κ2) is 7.25. The van der Waals surface area contributed by atoms with E-state index in [-0.39, 0.29) is 0 Å². The number of benzene rings is 1. The summed E-state index contributed by atoms with van der Waals surface area (Å²) >= 11 is 2.15. The minimum Gasteiger partial charge on any atom is -0.490 e. The lowest BCUT2D eigenvalue weighted by atomic mass is 10.2. The first kappa shape index (κ1) is 14.8. The fourth-order valence-electron chi connectivity index (χ4n) is 1.40. The summed E-state index contributed by atoms with van der Waals surface area (Å²) < 4.78 is 11.9. The predicted octanol–water partition coefficient (Wildman–Crippen LogP) is 3.19. The van der Waals surface area contributed by atoms with Crippen LogP contribution in [0.25, 0.3) is 6.08 Å². The summed E-state index contributed by atoms with van der Waals surface area (Å²) in [5.41, 5.74) is 0.772. The van der Waals surface area contributed by atoms with Gasteiger partial charge in [-0.25, -0.2) is 4.79 Å². The lowest BCUT2D eigenvalue weighted by Gasteiger charge is -2.13. The SMILES string of the molecule is CCOc1cc(/C=C/C(=O)O)cc(I)c1OCC. The molecule has 0 aliphatic carbocycles. The van der Waals surface area contributed by atoms with E-state index in [9.17, 15) is 4.79 Å². The molecule has 98 valence electrons. The summed E-state index contributed by atoms with van der Waals surface area (Å²) in [7, 11) is 0. The van der Waals surface area contributed by atoms with Crippen molar-refractivity contribution >= 4 is 34.6 Å². The third-order valence-corrected chi connectivity index (χ3v) is 2.84. The average Bonchev–Trinajstić information content (AvgIpc) is 2.31. The van der Waals surface area contributed by atoms with E-state index in [4.69, 9.17) is 14.6 Å². The molecule has 1 rings (SSSR count). The van der Waals surface area contributed by atoms with E-state index < -0.39 is 5.97 Å². The highest BCUT2D eigenvalue weighted by molar-refractivity contribution is 14.1. The Balaban J connectivity index is 3.13. The van der Waals surface area contributed by atoms with Crippen molar-refractivity contribution in [3.63, 3.8) is 0 Å². The number of aliphatic carboxylic acids is 1. The predicted molar refractivity (Wildman–Crippen MR) is 78.2 cm³/mol. The molecule has 0 saturated heterocycles. The topological polar surface area (TPSA) is 55.8 Å². The Hall–Kier alpha value is -1.24. The second-order valence-electron chi connectivity index (χ2n) is 3.37. The molecular weight excluding hydrogens is 347 g/mol. The number of carboxylic acids is 1. The third kappa shape index (κ3) is 4.21. The molecule has 1 N–H and O–H groups in total. The van der Waals surface area contributed by atoms with Crippen molar-refractivity contribution in [1.82, 2.24) is 0 Å². The largest absolute Gasteiger partial charge is 0.490 e.